The molecule has 0 unspecified atom stereocenters. The molecule has 4 rings (SSSR count). The summed E-state index contributed by atoms with van der Waals surface area (Å²) in [5, 5.41) is 21.2. The first kappa shape index (κ1) is 17.3. The van der Waals surface area contributed by atoms with Crippen molar-refractivity contribution in [2.45, 2.75) is 45.4 Å². The molecule has 0 saturated carbocycles. The number of carbonyl (C=O) groups excluding carboxylic acids is 1. The van der Waals surface area contributed by atoms with Crippen molar-refractivity contribution < 1.29 is 24.5 Å². The Morgan fingerprint density at radius 1 is 1.27 bits per heavy atom. The van der Waals surface area contributed by atoms with Crippen molar-refractivity contribution in [1.82, 2.24) is 14.4 Å². The van der Waals surface area contributed by atoms with Crippen LogP contribution in [0, 0.1) is 5.92 Å². The van der Waals surface area contributed by atoms with Gasteiger partial charge in [0.15, 0.2) is 5.75 Å². The number of ether oxygens (including phenoxy) is 2. The van der Waals surface area contributed by atoms with Crippen LogP contribution >= 0.6 is 0 Å². The van der Waals surface area contributed by atoms with Gasteiger partial charge in [0, 0.05) is 26.2 Å². The molecule has 8 heteroatoms. The number of aromatic hydroxyl groups is 2. The Hall–Kier alpha value is -2.09. The molecule has 3 atom stereocenters. The predicted octanol–water partition coefficient (Wildman–Crippen LogP) is 1.91. The summed E-state index contributed by atoms with van der Waals surface area (Å²) < 4.78 is 12.9. The van der Waals surface area contributed by atoms with Crippen molar-refractivity contribution in [3.8, 4) is 17.5 Å². The van der Waals surface area contributed by atoms with Crippen LogP contribution < -0.4 is 4.74 Å². The van der Waals surface area contributed by atoms with Gasteiger partial charge in [-0.15, -0.1) is 0 Å². The lowest BCUT2D eigenvalue weighted by Gasteiger charge is -2.47. The molecule has 2 N–H and O–H groups in total. The maximum Gasteiger partial charge on any atom is 0.320 e. The zero-order valence-corrected chi connectivity index (χ0v) is 15.6. The third kappa shape index (κ3) is 2.35. The predicted molar refractivity (Wildman–Crippen MR) is 93.5 cm³/mol. The van der Waals surface area contributed by atoms with E-state index in [1.807, 2.05) is 18.7 Å². The second kappa shape index (κ2) is 5.97. The highest BCUT2D eigenvalue weighted by atomic mass is 16.5. The Labute approximate surface area is 152 Å². The molecular weight excluding hydrogens is 338 g/mol. The lowest BCUT2D eigenvalue weighted by atomic mass is 9.80. The molecule has 0 aliphatic carbocycles. The van der Waals surface area contributed by atoms with Gasteiger partial charge in [0.25, 0.3) is 0 Å². The zero-order chi connectivity index (χ0) is 18.6. The molecule has 0 radical (unpaired) electrons. The van der Waals surface area contributed by atoms with Crippen molar-refractivity contribution in [2.75, 3.05) is 32.8 Å². The monoisotopic (exact) mass is 365 g/mol. The second-order valence-corrected chi connectivity index (χ2v) is 7.80. The molecule has 2 saturated heterocycles. The summed E-state index contributed by atoms with van der Waals surface area (Å²) in [6.07, 6.45) is 0.754. The Morgan fingerprint density at radius 3 is 2.62 bits per heavy atom. The highest BCUT2D eigenvalue weighted by Crippen LogP contribution is 2.59. The number of amides is 2. The first-order valence-corrected chi connectivity index (χ1v) is 9.34. The van der Waals surface area contributed by atoms with Crippen molar-refractivity contribution in [3.63, 3.8) is 0 Å². The van der Waals surface area contributed by atoms with Gasteiger partial charge in [-0.2, -0.15) is 0 Å². The van der Waals surface area contributed by atoms with Gasteiger partial charge in [-0.1, -0.05) is 6.92 Å². The highest BCUT2D eigenvalue weighted by Gasteiger charge is 2.57. The highest BCUT2D eigenvalue weighted by molar-refractivity contribution is 5.76. The van der Waals surface area contributed by atoms with Crippen LogP contribution in [0.4, 0.5) is 4.79 Å². The van der Waals surface area contributed by atoms with Crippen molar-refractivity contribution in [2.24, 2.45) is 5.92 Å². The summed E-state index contributed by atoms with van der Waals surface area (Å²) >= 11 is 0. The first-order valence-electron chi connectivity index (χ1n) is 9.34. The molecule has 144 valence electrons. The molecule has 1 aromatic rings. The van der Waals surface area contributed by atoms with E-state index in [4.69, 9.17) is 9.47 Å². The van der Waals surface area contributed by atoms with Crippen LogP contribution in [-0.4, -0.2) is 69.1 Å². The van der Waals surface area contributed by atoms with Gasteiger partial charge in [0.2, 0.25) is 11.8 Å². The van der Waals surface area contributed by atoms with E-state index in [2.05, 4.69) is 6.92 Å². The maximum absolute atomic E-state index is 13.3. The quantitative estimate of drug-likeness (QED) is 0.794. The molecule has 2 fully saturated rings. The lowest BCUT2D eigenvalue weighted by Crippen LogP contribution is -2.58. The van der Waals surface area contributed by atoms with E-state index in [-0.39, 0.29) is 23.7 Å². The molecule has 3 aliphatic rings. The van der Waals surface area contributed by atoms with Crippen LogP contribution in [-0.2, 0) is 11.3 Å². The Morgan fingerprint density at radius 2 is 1.96 bits per heavy atom. The third-order valence-electron chi connectivity index (χ3n) is 5.80. The Balaban J connectivity index is 1.76. The molecule has 0 spiro atoms. The molecule has 0 aromatic carbocycles. The van der Waals surface area contributed by atoms with Crippen LogP contribution in [0.5, 0.6) is 17.5 Å². The first-order chi connectivity index (χ1) is 12.4. The van der Waals surface area contributed by atoms with E-state index in [1.165, 1.54) is 4.57 Å². The fourth-order valence-electron chi connectivity index (χ4n) is 4.79. The summed E-state index contributed by atoms with van der Waals surface area (Å²) in [5.41, 5.74) is -0.133. The van der Waals surface area contributed by atoms with Crippen LogP contribution in [0.1, 0.15) is 38.8 Å². The minimum Gasteiger partial charge on any atom is -0.494 e. The lowest BCUT2D eigenvalue weighted by molar-refractivity contribution is -0.0410. The number of rotatable bonds is 1. The topological polar surface area (TPSA) is 87.4 Å². The number of likely N-dealkylation sites (tertiary alicyclic amines) is 1. The summed E-state index contributed by atoms with van der Waals surface area (Å²) in [6.45, 7) is 9.12. The van der Waals surface area contributed by atoms with Gasteiger partial charge in [-0.05, 0) is 26.2 Å². The normalized spacial score (nSPS) is 30.7. The van der Waals surface area contributed by atoms with E-state index in [9.17, 15) is 15.0 Å². The Bertz CT molecular complexity index is 727. The molecule has 26 heavy (non-hydrogen) atoms. The minimum absolute atomic E-state index is 0.0111. The number of aromatic nitrogens is 1. The fraction of sp³-hybridized carbons (Fsp3) is 0.722. The largest absolute Gasteiger partial charge is 0.494 e. The van der Waals surface area contributed by atoms with Crippen molar-refractivity contribution in [1.29, 1.82) is 0 Å². The van der Waals surface area contributed by atoms with Crippen LogP contribution in [0.2, 0.25) is 0 Å². The van der Waals surface area contributed by atoms with Crippen LogP contribution in [0.3, 0.4) is 0 Å². The average Bonchev–Trinajstić information content (AvgIpc) is 3.04. The van der Waals surface area contributed by atoms with Gasteiger partial charge in [-0.25, -0.2) is 4.79 Å². The number of piperidine rings is 1. The van der Waals surface area contributed by atoms with E-state index in [0.717, 1.165) is 6.42 Å². The second-order valence-electron chi connectivity index (χ2n) is 7.80. The number of urea groups is 1. The third-order valence-corrected chi connectivity index (χ3v) is 5.80. The molecule has 2 amide bonds. The number of fused-ring (bicyclic) bond motifs is 3. The van der Waals surface area contributed by atoms with Crippen LogP contribution in [0.25, 0.3) is 0 Å². The fourth-order valence-corrected chi connectivity index (χ4v) is 4.79. The summed E-state index contributed by atoms with van der Waals surface area (Å²) in [4.78, 5) is 16.9. The molecule has 8 nitrogen and oxygen atoms in total. The maximum atomic E-state index is 13.3. The van der Waals surface area contributed by atoms with Crippen molar-refractivity contribution >= 4 is 6.03 Å². The van der Waals surface area contributed by atoms with Crippen LogP contribution in [0.15, 0.2) is 0 Å². The van der Waals surface area contributed by atoms with E-state index in [1.54, 1.807) is 4.90 Å². The molecule has 3 aliphatic heterocycles. The molecule has 0 bridgehead atoms. The summed E-state index contributed by atoms with van der Waals surface area (Å²) in [5.74, 6) is 0.490. The minimum atomic E-state index is -0.661. The summed E-state index contributed by atoms with van der Waals surface area (Å²) in [7, 11) is 0. The van der Waals surface area contributed by atoms with Gasteiger partial charge in [-0.3, -0.25) is 4.57 Å². The molecule has 4 heterocycles. The van der Waals surface area contributed by atoms with Gasteiger partial charge >= 0.3 is 6.03 Å². The Kier molecular flexibility index (Phi) is 3.98. The smallest absolute Gasteiger partial charge is 0.320 e. The SMILES string of the molecule is CCn1c(O)c2c(c1O)[C@@H]1N(C(=O)N3CCOCC3)C[C@@H](C)C[C@]1(C)O2. The van der Waals surface area contributed by atoms with E-state index in [0.29, 0.717) is 50.7 Å². The molecule has 1 aromatic heterocycles. The number of morpholine rings is 1. The standard InChI is InChI=1S/C18H27N3O5/c1-4-20-15(22)12-13(16(20)23)26-18(3)9-11(2)10-21(14(12)18)17(24)19-5-7-25-8-6-19/h11,14,22-23H,4-10H2,1-3H3/t11-,14-,18-/m0/s1. The van der Waals surface area contributed by atoms with Gasteiger partial charge in [0.05, 0.1) is 18.8 Å². The zero-order valence-electron chi connectivity index (χ0n) is 15.6. The number of hydrogen-bond acceptors (Lipinski definition) is 5. The number of hydrogen-bond donors (Lipinski definition) is 2. The number of nitrogens with zero attached hydrogens (tertiary/aromatic N) is 3. The number of carbonyl (C=O) groups is 1. The van der Waals surface area contributed by atoms with E-state index >= 15 is 0 Å². The van der Waals surface area contributed by atoms with Gasteiger partial charge < -0.3 is 29.5 Å². The van der Waals surface area contributed by atoms with Crippen molar-refractivity contribution in [3.05, 3.63) is 5.56 Å². The average molecular weight is 365 g/mol. The van der Waals surface area contributed by atoms with E-state index < -0.39 is 11.6 Å². The molecular formula is C18H27N3O5. The summed E-state index contributed by atoms with van der Waals surface area (Å²) in [6, 6.07) is -0.474. The van der Waals surface area contributed by atoms with Gasteiger partial charge in [0.1, 0.15) is 11.6 Å².